The van der Waals surface area contributed by atoms with Crippen molar-refractivity contribution in [3.05, 3.63) is 35.9 Å². The molecule has 4 heterocycles. The molecule has 0 spiro atoms. The molecule has 33 heavy (non-hydrogen) atoms. The van der Waals surface area contributed by atoms with E-state index in [1.807, 2.05) is 38.6 Å². The van der Waals surface area contributed by atoms with Gasteiger partial charge >= 0.3 is 0 Å². The van der Waals surface area contributed by atoms with E-state index >= 15 is 0 Å². The Morgan fingerprint density at radius 1 is 0.879 bits per heavy atom. The van der Waals surface area contributed by atoms with E-state index in [1.54, 1.807) is 7.11 Å². The lowest BCUT2D eigenvalue weighted by Crippen LogP contribution is -2.52. The van der Waals surface area contributed by atoms with E-state index in [1.165, 1.54) is 17.5 Å². The monoisotopic (exact) mass is 456 g/mol. The fourth-order valence-electron chi connectivity index (χ4n) is 3.52. The molecule has 2 aliphatic heterocycles. The first kappa shape index (κ1) is 27.0. The van der Waals surface area contributed by atoms with Gasteiger partial charge in [0.25, 0.3) is 0 Å². The van der Waals surface area contributed by atoms with Gasteiger partial charge < -0.3 is 14.5 Å². The third-order valence-electron chi connectivity index (χ3n) is 6.72. The molecule has 4 rings (SSSR count). The lowest BCUT2D eigenvalue weighted by Gasteiger charge is -2.38. The van der Waals surface area contributed by atoms with Crippen LogP contribution >= 0.6 is 0 Å². The van der Waals surface area contributed by atoms with Crippen molar-refractivity contribution in [2.24, 2.45) is 0 Å². The van der Waals surface area contributed by atoms with Crippen molar-refractivity contribution in [3.8, 4) is 0 Å². The van der Waals surface area contributed by atoms with Gasteiger partial charge in [-0.25, -0.2) is 19.9 Å². The van der Waals surface area contributed by atoms with Crippen molar-refractivity contribution in [1.82, 2.24) is 19.9 Å². The highest BCUT2D eigenvalue weighted by Gasteiger charge is 2.28. The molecule has 3 unspecified atom stereocenters. The van der Waals surface area contributed by atoms with Crippen molar-refractivity contribution < 1.29 is 4.74 Å². The highest BCUT2D eigenvalue weighted by atomic mass is 16.5. The van der Waals surface area contributed by atoms with Crippen molar-refractivity contribution >= 4 is 11.9 Å². The summed E-state index contributed by atoms with van der Waals surface area (Å²) in [7, 11) is 1.74. The average molecular weight is 457 g/mol. The summed E-state index contributed by atoms with van der Waals surface area (Å²) in [6, 6.07) is 0.611. The van der Waals surface area contributed by atoms with Gasteiger partial charge in [-0.2, -0.15) is 0 Å². The normalized spacial score (nSPS) is 19.2. The zero-order valence-corrected chi connectivity index (χ0v) is 22.0. The fourth-order valence-corrected chi connectivity index (χ4v) is 3.52. The Kier molecular flexibility index (Phi) is 11.0. The van der Waals surface area contributed by atoms with Gasteiger partial charge in [-0.05, 0) is 49.1 Å². The number of anilines is 2. The smallest absolute Gasteiger partial charge is 0.225 e. The molecular weight excluding hydrogens is 412 g/mol. The van der Waals surface area contributed by atoms with Crippen molar-refractivity contribution in [3.63, 3.8) is 0 Å². The van der Waals surface area contributed by atoms with Crippen LogP contribution in [-0.2, 0) is 4.74 Å². The van der Waals surface area contributed by atoms with Crippen LogP contribution in [0.5, 0.6) is 0 Å². The number of nitrogens with zero attached hydrogens (tertiary/aromatic N) is 6. The maximum absolute atomic E-state index is 5.22. The second-order valence-electron chi connectivity index (χ2n) is 8.85. The third-order valence-corrected chi connectivity index (χ3v) is 6.72. The van der Waals surface area contributed by atoms with E-state index in [4.69, 9.17) is 4.74 Å². The molecule has 2 aromatic rings. The lowest BCUT2D eigenvalue weighted by atomic mass is 10.0. The summed E-state index contributed by atoms with van der Waals surface area (Å²) in [5.41, 5.74) is 2.46. The van der Waals surface area contributed by atoms with Crippen LogP contribution in [0, 0.1) is 0 Å². The highest BCUT2D eigenvalue weighted by Crippen LogP contribution is 2.24. The minimum Gasteiger partial charge on any atom is -0.378 e. The molecule has 7 nitrogen and oxygen atoms in total. The SMILES string of the molecule is CC.CCC(C)c1cnc(N2CC(OC)C2)nc1.CCC(C)c1cnc(N2CCC2C)nc1. The third kappa shape index (κ3) is 7.10. The number of hydrogen-bond acceptors (Lipinski definition) is 7. The number of ether oxygens (including phenoxy) is 1. The van der Waals surface area contributed by atoms with Crippen LogP contribution < -0.4 is 9.80 Å². The molecule has 0 amide bonds. The summed E-state index contributed by atoms with van der Waals surface area (Å²) >= 11 is 0. The van der Waals surface area contributed by atoms with Crippen LogP contribution in [0.15, 0.2) is 24.8 Å². The molecular formula is C26H44N6O. The minimum atomic E-state index is 0.345. The summed E-state index contributed by atoms with van der Waals surface area (Å²) in [4.78, 5) is 22.0. The van der Waals surface area contributed by atoms with Gasteiger partial charge in [0.2, 0.25) is 11.9 Å². The van der Waals surface area contributed by atoms with Crippen molar-refractivity contribution in [2.45, 2.75) is 91.7 Å². The number of rotatable bonds is 7. The molecule has 2 fully saturated rings. The molecule has 7 heteroatoms. The standard InChI is InChI=1S/C12H19N3O.C12H19N3.C2H6/c1-4-9(2)10-5-13-12(14-6-10)15-7-11(8-15)16-3;1-4-9(2)11-7-13-12(14-8-11)15-6-5-10(15)3;1-2/h5-6,9,11H,4,7-8H2,1-3H3;7-10H,4-6H2,1-3H3;1-2H3. The first-order valence-electron chi connectivity index (χ1n) is 12.6. The van der Waals surface area contributed by atoms with Crippen LogP contribution in [0.2, 0.25) is 0 Å². The first-order chi connectivity index (χ1) is 16.0. The molecule has 0 radical (unpaired) electrons. The van der Waals surface area contributed by atoms with E-state index in [9.17, 15) is 0 Å². The molecule has 0 saturated carbocycles. The zero-order valence-electron chi connectivity index (χ0n) is 22.0. The second-order valence-corrected chi connectivity index (χ2v) is 8.85. The minimum absolute atomic E-state index is 0.345. The van der Waals surface area contributed by atoms with E-state index in [2.05, 4.69) is 64.4 Å². The Balaban J connectivity index is 0.000000218. The largest absolute Gasteiger partial charge is 0.378 e. The average Bonchev–Trinajstić information content (AvgIpc) is 2.84. The molecule has 2 aromatic heterocycles. The molecule has 0 bridgehead atoms. The molecule has 0 aliphatic carbocycles. The van der Waals surface area contributed by atoms with Gasteiger partial charge in [0.15, 0.2) is 0 Å². The molecule has 184 valence electrons. The second kappa shape index (κ2) is 13.4. The van der Waals surface area contributed by atoms with Gasteiger partial charge in [-0.3, -0.25) is 0 Å². The Hall–Kier alpha value is -2.28. The molecule has 0 aromatic carbocycles. The van der Waals surface area contributed by atoms with Crippen LogP contribution in [-0.4, -0.2) is 58.8 Å². The molecule has 0 N–H and O–H groups in total. The van der Waals surface area contributed by atoms with Gasteiger partial charge in [0.05, 0.1) is 6.10 Å². The molecule has 2 saturated heterocycles. The van der Waals surface area contributed by atoms with Crippen molar-refractivity contribution in [2.75, 3.05) is 36.5 Å². The summed E-state index contributed by atoms with van der Waals surface area (Å²) in [6.07, 6.45) is 11.7. The quantitative estimate of drug-likeness (QED) is 0.549. The fraction of sp³-hybridized carbons (Fsp3) is 0.692. The van der Waals surface area contributed by atoms with E-state index in [0.717, 1.165) is 44.4 Å². The topological polar surface area (TPSA) is 67.3 Å². The Labute approximate surface area is 201 Å². The van der Waals surface area contributed by atoms with Crippen LogP contribution in [0.1, 0.15) is 90.7 Å². The van der Waals surface area contributed by atoms with E-state index in [-0.39, 0.29) is 0 Å². The Morgan fingerprint density at radius 2 is 1.33 bits per heavy atom. The first-order valence-corrected chi connectivity index (χ1v) is 12.6. The van der Waals surface area contributed by atoms with E-state index in [0.29, 0.717) is 24.0 Å². The predicted octanol–water partition coefficient (Wildman–Crippen LogP) is 5.44. The highest BCUT2D eigenvalue weighted by molar-refractivity contribution is 5.36. The summed E-state index contributed by atoms with van der Waals surface area (Å²) in [6.45, 7) is 17.9. The Morgan fingerprint density at radius 3 is 1.67 bits per heavy atom. The summed E-state index contributed by atoms with van der Waals surface area (Å²) in [5, 5.41) is 0. The zero-order chi connectivity index (χ0) is 24.4. The molecule has 3 atom stereocenters. The Bertz CT molecular complexity index is 791. The molecule has 2 aliphatic rings. The maximum atomic E-state index is 5.22. The number of aromatic nitrogens is 4. The summed E-state index contributed by atoms with van der Waals surface area (Å²) < 4.78 is 5.22. The van der Waals surface area contributed by atoms with Crippen molar-refractivity contribution in [1.29, 1.82) is 0 Å². The van der Waals surface area contributed by atoms with Gasteiger partial charge in [0, 0.05) is 57.6 Å². The lowest BCUT2D eigenvalue weighted by molar-refractivity contribution is 0.0778. The predicted molar refractivity (Wildman–Crippen MR) is 137 cm³/mol. The maximum Gasteiger partial charge on any atom is 0.225 e. The van der Waals surface area contributed by atoms with E-state index < -0.39 is 0 Å². The summed E-state index contributed by atoms with van der Waals surface area (Å²) in [5.74, 6) is 2.81. The van der Waals surface area contributed by atoms with Gasteiger partial charge in [-0.15, -0.1) is 0 Å². The number of methoxy groups -OCH3 is 1. The van der Waals surface area contributed by atoms with Crippen LogP contribution in [0.25, 0.3) is 0 Å². The van der Waals surface area contributed by atoms with Crippen LogP contribution in [0.4, 0.5) is 11.9 Å². The number of hydrogen-bond donors (Lipinski definition) is 0. The van der Waals surface area contributed by atoms with Crippen LogP contribution in [0.3, 0.4) is 0 Å². The van der Waals surface area contributed by atoms with Gasteiger partial charge in [0.1, 0.15) is 0 Å². The van der Waals surface area contributed by atoms with Gasteiger partial charge in [-0.1, -0.05) is 41.5 Å².